The summed E-state index contributed by atoms with van der Waals surface area (Å²) in [5.41, 5.74) is 2.78. The maximum Gasteiger partial charge on any atom is 0.251 e. The van der Waals surface area contributed by atoms with Gasteiger partial charge in [0.05, 0.1) is 36.0 Å². The summed E-state index contributed by atoms with van der Waals surface area (Å²) in [6.07, 6.45) is 7.66. The molecular formula is C23H30N4O4. The van der Waals surface area contributed by atoms with Crippen molar-refractivity contribution in [1.29, 1.82) is 0 Å². The van der Waals surface area contributed by atoms with E-state index in [2.05, 4.69) is 9.97 Å². The molecule has 3 heterocycles. The maximum absolute atomic E-state index is 12.6. The van der Waals surface area contributed by atoms with Gasteiger partial charge in [-0.1, -0.05) is 6.42 Å². The van der Waals surface area contributed by atoms with E-state index in [1.165, 1.54) is 25.3 Å². The zero-order chi connectivity index (χ0) is 22.0. The van der Waals surface area contributed by atoms with Crippen LogP contribution in [0.15, 0.2) is 29.2 Å². The minimum absolute atomic E-state index is 0.108. The SMILES string of the molecule is CCn1c(=O)ccc2c1c(-c1cc(OC3CCCCC3)nc(C)n1)cn2C(CO)CO. The van der Waals surface area contributed by atoms with Gasteiger partial charge in [-0.2, -0.15) is 4.98 Å². The first-order valence-corrected chi connectivity index (χ1v) is 11.0. The summed E-state index contributed by atoms with van der Waals surface area (Å²) in [4.78, 5) is 21.7. The van der Waals surface area contributed by atoms with Gasteiger partial charge < -0.3 is 24.1 Å². The van der Waals surface area contributed by atoms with Gasteiger partial charge in [0.25, 0.3) is 5.56 Å². The van der Waals surface area contributed by atoms with Crippen molar-refractivity contribution in [3.63, 3.8) is 0 Å². The summed E-state index contributed by atoms with van der Waals surface area (Å²) in [6, 6.07) is 4.56. The van der Waals surface area contributed by atoms with Crippen molar-refractivity contribution in [3.05, 3.63) is 40.6 Å². The molecule has 0 spiro atoms. The molecule has 0 aromatic carbocycles. The van der Waals surface area contributed by atoms with Gasteiger partial charge in [0.15, 0.2) is 0 Å². The Hall–Kier alpha value is -2.71. The zero-order valence-electron chi connectivity index (χ0n) is 18.1. The van der Waals surface area contributed by atoms with Gasteiger partial charge in [0.1, 0.15) is 11.9 Å². The molecule has 4 rings (SSSR count). The summed E-state index contributed by atoms with van der Waals surface area (Å²) in [5.74, 6) is 1.13. The summed E-state index contributed by atoms with van der Waals surface area (Å²) >= 11 is 0. The van der Waals surface area contributed by atoms with Crippen molar-refractivity contribution in [2.75, 3.05) is 13.2 Å². The van der Waals surface area contributed by atoms with Crippen molar-refractivity contribution in [2.24, 2.45) is 0 Å². The number of hydrogen-bond donors (Lipinski definition) is 2. The predicted molar refractivity (Wildman–Crippen MR) is 118 cm³/mol. The van der Waals surface area contributed by atoms with Crippen LogP contribution < -0.4 is 10.3 Å². The van der Waals surface area contributed by atoms with E-state index in [-0.39, 0.29) is 24.9 Å². The highest BCUT2D eigenvalue weighted by molar-refractivity contribution is 5.92. The van der Waals surface area contributed by atoms with Crippen LogP contribution in [0.5, 0.6) is 5.88 Å². The lowest BCUT2D eigenvalue weighted by Crippen LogP contribution is -2.20. The Labute approximate surface area is 181 Å². The Morgan fingerprint density at radius 1 is 1.16 bits per heavy atom. The number of nitrogens with zero attached hydrogens (tertiary/aromatic N) is 4. The Kier molecular flexibility index (Phi) is 6.38. The Morgan fingerprint density at radius 3 is 2.58 bits per heavy atom. The van der Waals surface area contributed by atoms with E-state index in [0.717, 1.165) is 29.4 Å². The largest absolute Gasteiger partial charge is 0.474 e. The molecule has 1 saturated carbocycles. The highest BCUT2D eigenvalue weighted by Gasteiger charge is 2.22. The number of aliphatic hydroxyl groups excluding tert-OH is 2. The molecule has 166 valence electrons. The van der Waals surface area contributed by atoms with E-state index < -0.39 is 6.04 Å². The van der Waals surface area contributed by atoms with Crippen LogP contribution in [0, 0.1) is 6.92 Å². The second-order valence-electron chi connectivity index (χ2n) is 8.14. The molecule has 0 amide bonds. The molecule has 0 aliphatic heterocycles. The van der Waals surface area contributed by atoms with Crippen molar-refractivity contribution in [2.45, 2.75) is 64.6 Å². The number of rotatable bonds is 7. The molecule has 0 saturated heterocycles. The second-order valence-corrected chi connectivity index (χ2v) is 8.14. The van der Waals surface area contributed by atoms with Gasteiger partial charge >= 0.3 is 0 Å². The smallest absolute Gasteiger partial charge is 0.251 e. The van der Waals surface area contributed by atoms with Crippen molar-refractivity contribution < 1.29 is 14.9 Å². The van der Waals surface area contributed by atoms with E-state index in [0.29, 0.717) is 23.9 Å². The number of aliphatic hydroxyl groups is 2. The monoisotopic (exact) mass is 426 g/mol. The van der Waals surface area contributed by atoms with Gasteiger partial charge in [0, 0.05) is 30.4 Å². The molecule has 2 N–H and O–H groups in total. The molecule has 8 nitrogen and oxygen atoms in total. The molecule has 8 heteroatoms. The highest BCUT2D eigenvalue weighted by Crippen LogP contribution is 2.33. The number of ether oxygens (including phenoxy) is 1. The molecule has 1 aliphatic carbocycles. The summed E-state index contributed by atoms with van der Waals surface area (Å²) in [7, 11) is 0. The lowest BCUT2D eigenvalue weighted by atomic mass is 9.98. The third-order valence-corrected chi connectivity index (χ3v) is 6.02. The van der Waals surface area contributed by atoms with Crippen LogP contribution in [0.3, 0.4) is 0 Å². The maximum atomic E-state index is 12.6. The van der Waals surface area contributed by atoms with Gasteiger partial charge in [-0.05, 0) is 45.6 Å². The molecule has 0 unspecified atom stereocenters. The first-order chi connectivity index (χ1) is 15.0. The second kappa shape index (κ2) is 9.20. The predicted octanol–water partition coefficient (Wildman–Crippen LogP) is 2.83. The van der Waals surface area contributed by atoms with Gasteiger partial charge in [-0.25, -0.2) is 4.98 Å². The molecule has 1 fully saturated rings. The summed E-state index contributed by atoms with van der Waals surface area (Å²) in [5, 5.41) is 19.6. The van der Waals surface area contributed by atoms with Crippen LogP contribution in [-0.4, -0.2) is 48.6 Å². The average molecular weight is 427 g/mol. The van der Waals surface area contributed by atoms with Crippen LogP contribution in [0.25, 0.3) is 22.3 Å². The van der Waals surface area contributed by atoms with E-state index in [9.17, 15) is 15.0 Å². The van der Waals surface area contributed by atoms with E-state index in [1.807, 2.05) is 30.7 Å². The number of fused-ring (bicyclic) bond motifs is 1. The molecule has 0 radical (unpaired) electrons. The Balaban J connectivity index is 1.87. The molecule has 0 atom stereocenters. The average Bonchev–Trinajstić information content (AvgIpc) is 3.14. The first-order valence-electron chi connectivity index (χ1n) is 11.0. The standard InChI is InChI=1S/C23H30N4O4/c1-3-26-22(30)10-9-20-23(26)18(12-27(20)16(13-28)14-29)19-11-21(25-15(2)24-19)31-17-7-5-4-6-8-17/h9-12,16-17,28-29H,3-8,13-14H2,1-2H3. The van der Waals surface area contributed by atoms with Crippen LogP contribution in [0.1, 0.15) is 50.9 Å². The molecule has 1 aliphatic rings. The topological polar surface area (TPSA) is 102 Å². The fourth-order valence-electron chi connectivity index (χ4n) is 4.46. The van der Waals surface area contributed by atoms with Crippen molar-refractivity contribution in [1.82, 2.24) is 19.1 Å². The highest BCUT2D eigenvalue weighted by atomic mass is 16.5. The van der Waals surface area contributed by atoms with Crippen molar-refractivity contribution in [3.8, 4) is 17.1 Å². The number of hydrogen-bond acceptors (Lipinski definition) is 6. The van der Waals surface area contributed by atoms with Gasteiger partial charge in [-0.3, -0.25) is 4.79 Å². The third-order valence-electron chi connectivity index (χ3n) is 6.02. The van der Waals surface area contributed by atoms with Gasteiger partial charge in [-0.15, -0.1) is 0 Å². The summed E-state index contributed by atoms with van der Waals surface area (Å²) in [6.45, 7) is 3.80. The van der Waals surface area contributed by atoms with Gasteiger partial charge in [0.2, 0.25) is 5.88 Å². The normalized spacial score (nSPS) is 15.1. The molecule has 0 bridgehead atoms. The quantitative estimate of drug-likeness (QED) is 0.602. The number of aromatic nitrogens is 4. The fraction of sp³-hybridized carbons (Fsp3) is 0.522. The van der Waals surface area contributed by atoms with Crippen LogP contribution >= 0.6 is 0 Å². The molecule has 31 heavy (non-hydrogen) atoms. The van der Waals surface area contributed by atoms with Crippen LogP contribution in [0.2, 0.25) is 0 Å². The van der Waals surface area contributed by atoms with E-state index in [1.54, 1.807) is 10.6 Å². The number of aryl methyl sites for hydroxylation is 2. The van der Waals surface area contributed by atoms with Crippen molar-refractivity contribution >= 4 is 11.0 Å². The summed E-state index contributed by atoms with van der Waals surface area (Å²) < 4.78 is 9.68. The zero-order valence-corrected chi connectivity index (χ0v) is 18.1. The number of pyridine rings is 1. The fourth-order valence-corrected chi connectivity index (χ4v) is 4.46. The minimum Gasteiger partial charge on any atom is -0.474 e. The lowest BCUT2D eigenvalue weighted by Gasteiger charge is -2.22. The van der Waals surface area contributed by atoms with E-state index in [4.69, 9.17) is 4.74 Å². The Bertz CT molecular complexity index is 1110. The van der Waals surface area contributed by atoms with Crippen LogP contribution in [0.4, 0.5) is 0 Å². The third kappa shape index (κ3) is 4.22. The minimum atomic E-state index is -0.514. The molecule has 3 aromatic rings. The molecule has 3 aromatic heterocycles. The molecular weight excluding hydrogens is 396 g/mol. The Morgan fingerprint density at radius 2 is 1.90 bits per heavy atom. The van der Waals surface area contributed by atoms with E-state index >= 15 is 0 Å². The first kappa shape index (κ1) is 21.5. The lowest BCUT2D eigenvalue weighted by molar-refractivity contribution is 0.148. The van der Waals surface area contributed by atoms with Crippen LogP contribution in [-0.2, 0) is 6.54 Å².